The number of halogens is 1. The molecule has 36 heavy (non-hydrogen) atoms. The van der Waals surface area contributed by atoms with Crippen molar-refractivity contribution in [3.8, 4) is 0 Å². The molecule has 0 radical (unpaired) electrons. The first-order valence-corrected chi connectivity index (χ1v) is 14.0. The number of hydrogen-bond donors (Lipinski definition) is 1. The molecule has 7 nitrogen and oxygen atoms in total. The van der Waals surface area contributed by atoms with Crippen molar-refractivity contribution < 1.29 is 19.5 Å². The maximum absolute atomic E-state index is 14.3. The molecule has 0 aromatic heterocycles. The van der Waals surface area contributed by atoms with Crippen molar-refractivity contribution in [2.75, 3.05) is 37.7 Å². The third-order valence-electron chi connectivity index (χ3n) is 7.69. The molecule has 1 unspecified atom stereocenters. The summed E-state index contributed by atoms with van der Waals surface area (Å²) in [6.45, 7) is 3.96. The highest BCUT2D eigenvalue weighted by Crippen LogP contribution is 2.61. The zero-order chi connectivity index (χ0) is 25.4. The van der Waals surface area contributed by atoms with Crippen LogP contribution in [0.15, 0.2) is 48.6 Å². The van der Waals surface area contributed by atoms with Gasteiger partial charge in [-0.05, 0) is 31.4 Å². The Morgan fingerprint density at radius 3 is 2.61 bits per heavy atom. The molecule has 0 bridgehead atoms. The van der Waals surface area contributed by atoms with Crippen LogP contribution >= 0.6 is 23.4 Å². The minimum absolute atomic E-state index is 0.00131. The van der Waals surface area contributed by atoms with E-state index in [2.05, 4.69) is 6.08 Å². The monoisotopic (exact) mass is 529 g/mol. The second-order valence-electron chi connectivity index (χ2n) is 9.82. The number of likely N-dealkylation sites (tertiary alicyclic amines) is 1. The number of fused-ring (bicyclic) bond motifs is 2. The summed E-state index contributed by atoms with van der Waals surface area (Å²) in [5, 5.41) is 9.66. The predicted octanol–water partition coefficient (Wildman–Crippen LogP) is 3.12. The molecule has 1 spiro atoms. The van der Waals surface area contributed by atoms with Crippen LogP contribution in [0.2, 0.25) is 5.02 Å². The Hall–Kier alpha value is -2.29. The maximum Gasteiger partial charge on any atom is 0.251 e. The Bertz CT molecular complexity index is 1110. The lowest BCUT2D eigenvalue weighted by Gasteiger charge is -2.35. The molecular weight excluding hydrogens is 498 g/mol. The number of rotatable bonds is 7. The normalized spacial score (nSPS) is 31.4. The van der Waals surface area contributed by atoms with Gasteiger partial charge in [-0.15, -0.1) is 11.8 Å². The van der Waals surface area contributed by atoms with Gasteiger partial charge in [0.25, 0.3) is 5.91 Å². The van der Waals surface area contributed by atoms with Crippen LogP contribution in [0.5, 0.6) is 0 Å². The van der Waals surface area contributed by atoms with Crippen LogP contribution in [0.3, 0.4) is 0 Å². The van der Waals surface area contributed by atoms with E-state index in [4.69, 9.17) is 11.6 Å². The highest BCUT2D eigenvalue weighted by molar-refractivity contribution is 8.02. The van der Waals surface area contributed by atoms with Gasteiger partial charge < -0.3 is 19.8 Å². The Balaban J connectivity index is 1.59. The fraction of sp³-hybridized carbons (Fsp3) is 0.519. The predicted molar refractivity (Wildman–Crippen MR) is 142 cm³/mol. The summed E-state index contributed by atoms with van der Waals surface area (Å²) < 4.78 is -0.839. The molecule has 4 heterocycles. The number of hydrogen-bond acceptors (Lipinski definition) is 5. The summed E-state index contributed by atoms with van der Waals surface area (Å²) in [4.78, 5) is 47.3. The van der Waals surface area contributed by atoms with Crippen molar-refractivity contribution in [3.63, 3.8) is 0 Å². The fourth-order valence-corrected chi connectivity index (χ4v) is 8.43. The van der Waals surface area contributed by atoms with Gasteiger partial charge in [-0.2, -0.15) is 0 Å². The van der Waals surface area contributed by atoms with Crippen LogP contribution in [0.1, 0.15) is 26.2 Å². The molecule has 5 rings (SSSR count). The van der Waals surface area contributed by atoms with Gasteiger partial charge in [-0.1, -0.05) is 55.0 Å². The van der Waals surface area contributed by atoms with Crippen molar-refractivity contribution in [2.45, 2.75) is 42.2 Å². The molecule has 0 aliphatic carbocycles. The third kappa shape index (κ3) is 3.98. The lowest BCUT2D eigenvalue weighted by atomic mass is 9.78. The zero-order valence-corrected chi connectivity index (χ0v) is 22.0. The number of para-hydroxylation sites is 1. The quantitative estimate of drug-likeness (QED) is 0.433. The van der Waals surface area contributed by atoms with Crippen LogP contribution < -0.4 is 4.90 Å². The van der Waals surface area contributed by atoms with Crippen LogP contribution in [0, 0.1) is 11.8 Å². The summed E-state index contributed by atoms with van der Waals surface area (Å²) >= 11 is 8.07. The van der Waals surface area contributed by atoms with E-state index in [9.17, 15) is 19.5 Å². The molecule has 192 valence electrons. The number of unbranched alkanes of at least 4 members (excludes halogenated alkanes) is 1. The molecule has 4 aliphatic rings. The SMILES string of the molecule is CCCN1CC=C[C@@H]2S[C@]34C=CCN(c5ccccc5Cl)C(=O)C3N(CCCCO)C(=O)[C@@H]4[C@@H]2C1=O. The number of aliphatic hydroxyl groups excluding tert-OH is 1. The van der Waals surface area contributed by atoms with E-state index in [-0.39, 0.29) is 29.6 Å². The number of thioether (sulfide) groups is 1. The molecular formula is C27H32ClN3O4S. The fourth-order valence-electron chi connectivity index (χ4n) is 6.18. The first-order valence-electron chi connectivity index (χ1n) is 12.7. The van der Waals surface area contributed by atoms with Crippen molar-refractivity contribution in [1.82, 2.24) is 9.80 Å². The average Bonchev–Trinajstić information content (AvgIpc) is 3.18. The lowest BCUT2D eigenvalue weighted by molar-refractivity contribution is -0.142. The third-order valence-corrected chi connectivity index (χ3v) is 9.75. The number of benzene rings is 1. The van der Waals surface area contributed by atoms with Crippen molar-refractivity contribution in [1.29, 1.82) is 0 Å². The minimum Gasteiger partial charge on any atom is -0.396 e. The summed E-state index contributed by atoms with van der Waals surface area (Å²) in [7, 11) is 0. The van der Waals surface area contributed by atoms with E-state index in [0.717, 1.165) is 6.42 Å². The Morgan fingerprint density at radius 2 is 1.86 bits per heavy atom. The first-order chi connectivity index (χ1) is 17.4. The second kappa shape index (κ2) is 10.2. The molecule has 0 saturated carbocycles. The minimum atomic E-state index is -0.839. The zero-order valence-electron chi connectivity index (χ0n) is 20.4. The summed E-state index contributed by atoms with van der Waals surface area (Å²) in [6, 6.07) is 6.49. The maximum atomic E-state index is 14.3. The molecule has 2 saturated heterocycles. The molecule has 4 aliphatic heterocycles. The van der Waals surface area contributed by atoms with Gasteiger partial charge in [0.2, 0.25) is 11.8 Å². The van der Waals surface area contributed by atoms with Crippen LogP contribution in [0.25, 0.3) is 0 Å². The summed E-state index contributed by atoms with van der Waals surface area (Å²) in [6.07, 6.45) is 10.0. The lowest BCUT2D eigenvalue weighted by Crippen LogP contribution is -2.53. The Kier molecular flexibility index (Phi) is 7.21. The molecule has 1 aromatic rings. The number of aliphatic hydroxyl groups is 1. The first kappa shape index (κ1) is 25.4. The van der Waals surface area contributed by atoms with Gasteiger partial charge in [0.15, 0.2) is 0 Å². The summed E-state index contributed by atoms with van der Waals surface area (Å²) in [5.41, 5.74) is 0.611. The topological polar surface area (TPSA) is 81.2 Å². The van der Waals surface area contributed by atoms with E-state index in [1.54, 1.807) is 27.6 Å². The van der Waals surface area contributed by atoms with Gasteiger partial charge in [0.1, 0.15) is 6.04 Å². The molecule has 2 fully saturated rings. The van der Waals surface area contributed by atoms with Crippen LogP contribution in [-0.2, 0) is 14.4 Å². The second-order valence-corrected chi connectivity index (χ2v) is 11.7. The van der Waals surface area contributed by atoms with Gasteiger partial charge in [0, 0.05) is 38.0 Å². The van der Waals surface area contributed by atoms with Crippen LogP contribution in [-0.4, -0.2) is 81.5 Å². The number of carbonyl (C=O) groups excluding carboxylic acids is 3. The highest BCUT2D eigenvalue weighted by atomic mass is 35.5. The van der Waals surface area contributed by atoms with Crippen molar-refractivity contribution in [3.05, 3.63) is 53.6 Å². The van der Waals surface area contributed by atoms with Gasteiger partial charge in [0.05, 0.1) is 27.3 Å². The number of nitrogens with zero attached hydrogens (tertiary/aromatic N) is 3. The van der Waals surface area contributed by atoms with E-state index in [1.165, 1.54) is 0 Å². The molecule has 1 N–H and O–H groups in total. The standard InChI is InChI=1S/C27H32ClN3O4S/c1-2-13-29-14-7-11-20-21(24(29)33)22-25(34)31(15-5-6-17-32)23-26(35)30(16-8-12-27(22,23)36-20)19-10-4-3-9-18(19)28/h3-4,7-12,20-23,32H,2,5-6,13-17H2,1H3/t20-,21+,22-,23?,27-/m0/s1. The highest BCUT2D eigenvalue weighted by Gasteiger charge is 2.70. The number of amides is 3. The van der Waals surface area contributed by atoms with Gasteiger partial charge in [-0.25, -0.2) is 0 Å². The smallest absolute Gasteiger partial charge is 0.251 e. The van der Waals surface area contributed by atoms with Gasteiger partial charge in [-0.3, -0.25) is 14.4 Å². The largest absolute Gasteiger partial charge is 0.396 e. The number of carbonyl (C=O) groups is 3. The van der Waals surface area contributed by atoms with E-state index in [0.29, 0.717) is 49.7 Å². The molecule has 5 atom stereocenters. The molecule has 1 aromatic carbocycles. The summed E-state index contributed by atoms with van der Waals surface area (Å²) in [5.74, 6) is -1.45. The number of anilines is 1. The van der Waals surface area contributed by atoms with Crippen LogP contribution in [0.4, 0.5) is 5.69 Å². The Morgan fingerprint density at radius 1 is 1.06 bits per heavy atom. The van der Waals surface area contributed by atoms with E-state index >= 15 is 0 Å². The molecule has 9 heteroatoms. The average molecular weight is 530 g/mol. The van der Waals surface area contributed by atoms with Gasteiger partial charge >= 0.3 is 0 Å². The Labute approximate surface area is 221 Å². The van der Waals surface area contributed by atoms with E-state index < -0.39 is 22.6 Å². The van der Waals surface area contributed by atoms with Crippen molar-refractivity contribution >= 4 is 46.8 Å². The molecule has 3 amide bonds. The van der Waals surface area contributed by atoms with E-state index in [1.807, 2.05) is 48.3 Å². The van der Waals surface area contributed by atoms with Crippen molar-refractivity contribution in [2.24, 2.45) is 11.8 Å².